The predicted octanol–water partition coefficient (Wildman–Crippen LogP) is 1.15. The molecule has 1 amide bonds. The lowest BCUT2D eigenvalue weighted by Crippen LogP contribution is -2.41. The van der Waals surface area contributed by atoms with Crippen molar-refractivity contribution in [2.75, 3.05) is 43.9 Å². The van der Waals surface area contributed by atoms with E-state index in [1.807, 2.05) is 12.1 Å². The van der Waals surface area contributed by atoms with Gasteiger partial charge in [0.15, 0.2) is 5.13 Å². The third kappa shape index (κ3) is 3.06. The number of hydrogen-bond acceptors (Lipinski definition) is 6. The fourth-order valence-corrected chi connectivity index (χ4v) is 3.05. The van der Waals surface area contributed by atoms with E-state index in [4.69, 9.17) is 10.5 Å². The predicted molar refractivity (Wildman–Crippen MR) is 79.9 cm³/mol. The standard InChI is InChI=1S/C13H16N4O2S/c14-9-1-2-10-11(7-9)20-13(15-10)16-12(18)8-17-3-5-19-6-4-17/h1-2,7H,3-6,8,14H2,(H,15,16,18). The second kappa shape index (κ2) is 5.74. The number of rotatable bonds is 3. The number of amides is 1. The molecule has 7 heteroatoms. The molecule has 0 unspecified atom stereocenters. The minimum Gasteiger partial charge on any atom is -0.399 e. The molecular formula is C13H16N4O2S. The van der Waals surface area contributed by atoms with Crippen LogP contribution in [0.2, 0.25) is 0 Å². The first-order valence-corrected chi connectivity index (χ1v) is 7.28. The summed E-state index contributed by atoms with van der Waals surface area (Å²) in [4.78, 5) is 18.4. The first-order valence-electron chi connectivity index (χ1n) is 6.47. The molecule has 3 N–H and O–H groups in total. The van der Waals surface area contributed by atoms with E-state index >= 15 is 0 Å². The highest BCUT2D eigenvalue weighted by molar-refractivity contribution is 7.22. The molecule has 20 heavy (non-hydrogen) atoms. The Bertz CT molecular complexity index is 622. The van der Waals surface area contributed by atoms with Gasteiger partial charge in [0.25, 0.3) is 0 Å². The van der Waals surface area contributed by atoms with Gasteiger partial charge in [0.2, 0.25) is 5.91 Å². The van der Waals surface area contributed by atoms with Crippen molar-refractivity contribution >= 4 is 38.3 Å². The number of benzene rings is 1. The van der Waals surface area contributed by atoms with E-state index in [2.05, 4.69) is 15.2 Å². The van der Waals surface area contributed by atoms with Gasteiger partial charge in [0.1, 0.15) is 0 Å². The van der Waals surface area contributed by atoms with Crippen LogP contribution in [0.5, 0.6) is 0 Å². The van der Waals surface area contributed by atoms with Crippen molar-refractivity contribution in [1.29, 1.82) is 0 Å². The van der Waals surface area contributed by atoms with Crippen LogP contribution in [0.25, 0.3) is 10.2 Å². The molecule has 0 atom stereocenters. The largest absolute Gasteiger partial charge is 0.399 e. The molecule has 6 nitrogen and oxygen atoms in total. The molecule has 1 saturated heterocycles. The third-order valence-corrected chi connectivity index (χ3v) is 4.06. The quantitative estimate of drug-likeness (QED) is 0.830. The van der Waals surface area contributed by atoms with E-state index in [9.17, 15) is 4.79 Å². The van der Waals surface area contributed by atoms with Crippen molar-refractivity contribution in [3.63, 3.8) is 0 Å². The number of ether oxygens (including phenoxy) is 1. The number of nitrogens with zero attached hydrogens (tertiary/aromatic N) is 2. The summed E-state index contributed by atoms with van der Waals surface area (Å²) in [5.74, 6) is -0.0427. The van der Waals surface area contributed by atoms with E-state index in [1.165, 1.54) is 11.3 Å². The Labute approximate surface area is 120 Å². The Morgan fingerprint density at radius 3 is 3.05 bits per heavy atom. The smallest absolute Gasteiger partial charge is 0.240 e. The summed E-state index contributed by atoms with van der Waals surface area (Å²) in [5.41, 5.74) is 7.29. The molecule has 0 bridgehead atoms. The molecule has 0 saturated carbocycles. The second-order valence-corrected chi connectivity index (χ2v) is 5.71. The molecule has 106 valence electrons. The molecule has 1 aromatic carbocycles. The average Bonchev–Trinajstić information content (AvgIpc) is 2.80. The Morgan fingerprint density at radius 1 is 1.45 bits per heavy atom. The van der Waals surface area contributed by atoms with Crippen LogP contribution in [-0.2, 0) is 9.53 Å². The van der Waals surface area contributed by atoms with Gasteiger partial charge in [0, 0.05) is 18.8 Å². The van der Waals surface area contributed by atoms with Gasteiger partial charge >= 0.3 is 0 Å². The fourth-order valence-electron chi connectivity index (χ4n) is 2.12. The Morgan fingerprint density at radius 2 is 2.25 bits per heavy atom. The number of nitrogens with two attached hydrogens (primary N) is 1. The van der Waals surface area contributed by atoms with Gasteiger partial charge in [-0.05, 0) is 18.2 Å². The zero-order valence-corrected chi connectivity index (χ0v) is 11.8. The van der Waals surface area contributed by atoms with Gasteiger partial charge in [-0.1, -0.05) is 11.3 Å². The van der Waals surface area contributed by atoms with Crippen molar-refractivity contribution in [3.8, 4) is 0 Å². The summed E-state index contributed by atoms with van der Waals surface area (Å²) >= 11 is 1.44. The van der Waals surface area contributed by atoms with E-state index in [1.54, 1.807) is 6.07 Å². The third-order valence-electron chi connectivity index (χ3n) is 3.13. The molecule has 0 spiro atoms. The van der Waals surface area contributed by atoms with Gasteiger partial charge in [-0.2, -0.15) is 0 Å². The lowest BCUT2D eigenvalue weighted by molar-refractivity contribution is -0.118. The Balaban J connectivity index is 1.64. The maximum Gasteiger partial charge on any atom is 0.240 e. The summed E-state index contributed by atoms with van der Waals surface area (Å²) in [7, 11) is 0. The number of carbonyl (C=O) groups excluding carboxylic acids is 1. The first kappa shape index (κ1) is 13.3. The van der Waals surface area contributed by atoms with Crippen LogP contribution < -0.4 is 11.1 Å². The van der Waals surface area contributed by atoms with Crippen LogP contribution in [-0.4, -0.2) is 48.6 Å². The highest BCUT2D eigenvalue weighted by atomic mass is 32.1. The maximum atomic E-state index is 12.0. The summed E-state index contributed by atoms with van der Waals surface area (Å²) < 4.78 is 6.23. The van der Waals surface area contributed by atoms with Crippen LogP contribution in [0.3, 0.4) is 0 Å². The SMILES string of the molecule is Nc1ccc2nc(NC(=O)CN3CCOCC3)sc2c1. The molecule has 0 aliphatic carbocycles. The van der Waals surface area contributed by atoms with Crippen molar-refractivity contribution in [2.45, 2.75) is 0 Å². The number of fused-ring (bicyclic) bond motifs is 1. The number of thiazole rings is 1. The first-order chi connectivity index (χ1) is 9.70. The number of carbonyl (C=O) groups is 1. The summed E-state index contributed by atoms with van der Waals surface area (Å²) in [5, 5.41) is 3.46. The molecule has 1 fully saturated rings. The van der Waals surface area contributed by atoms with Crippen molar-refractivity contribution < 1.29 is 9.53 Å². The molecular weight excluding hydrogens is 276 g/mol. The molecule has 0 radical (unpaired) electrons. The van der Waals surface area contributed by atoms with Crippen LogP contribution in [0.1, 0.15) is 0 Å². The van der Waals surface area contributed by atoms with Crippen molar-refractivity contribution in [3.05, 3.63) is 18.2 Å². The number of nitrogen functional groups attached to an aromatic ring is 1. The van der Waals surface area contributed by atoms with Crippen LogP contribution in [0.4, 0.5) is 10.8 Å². The van der Waals surface area contributed by atoms with E-state index in [0.29, 0.717) is 30.6 Å². The van der Waals surface area contributed by atoms with Crippen molar-refractivity contribution in [1.82, 2.24) is 9.88 Å². The van der Waals surface area contributed by atoms with Gasteiger partial charge in [-0.15, -0.1) is 0 Å². The number of morpholine rings is 1. The van der Waals surface area contributed by atoms with E-state index in [0.717, 1.165) is 23.3 Å². The van der Waals surface area contributed by atoms with E-state index in [-0.39, 0.29) is 5.91 Å². The number of aromatic nitrogens is 1. The maximum absolute atomic E-state index is 12.0. The number of nitrogens with one attached hydrogen (secondary N) is 1. The van der Waals surface area contributed by atoms with Crippen LogP contribution >= 0.6 is 11.3 Å². The number of hydrogen-bond donors (Lipinski definition) is 2. The summed E-state index contributed by atoms with van der Waals surface area (Å²) in [6.45, 7) is 3.34. The van der Waals surface area contributed by atoms with Crippen molar-refractivity contribution in [2.24, 2.45) is 0 Å². The molecule has 2 aromatic rings. The van der Waals surface area contributed by atoms with Crippen LogP contribution in [0, 0.1) is 0 Å². The van der Waals surface area contributed by atoms with Gasteiger partial charge in [0.05, 0.1) is 30.0 Å². The second-order valence-electron chi connectivity index (χ2n) is 4.68. The minimum absolute atomic E-state index is 0.0427. The van der Waals surface area contributed by atoms with Crippen LogP contribution in [0.15, 0.2) is 18.2 Å². The lowest BCUT2D eigenvalue weighted by atomic mass is 10.3. The average molecular weight is 292 g/mol. The van der Waals surface area contributed by atoms with Gasteiger partial charge in [-0.25, -0.2) is 4.98 Å². The molecule has 1 aromatic heterocycles. The van der Waals surface area contributed by atoms with E-state index < -0.39 is 0 Å². The molecule has 1 aliphatic rings. The lowest BCUT2D eigenvalue weighted by Gasteiger charge is -2.25. The van der Waals surface area contributed by atoms with Gasteiger partial charge < -0.3 is 15.8 Å². The normalized spacial score (nSPS) is 16.4. The highest BCUT2D eigenvalue weighted by Gasteiger charge is 2.15. The molecule has 2 heterocycles. The monoisotopic (exact) mass is 292 g/mol. The summed E-state index contributed by atoms with van der Waals surface area (Å²) in [6, 6.07) is 5.53. The highest BCUT2D eigenvalue weighted by Crippen LogP contribution is 2.27. The topological polar surface area (TPSA) is 80.5 Å². The number of anilines is 2. The minimum atomic E-state index is -0.0427. The fraction of sp³-hybridized carbons (Fsp3) is 0.385. The molecule has 1 aliphatic heterocycles. The zero-order chi connectivity index (χ0) is 13.9. The Kier molecular flexibility index (Phi) is 3.81. The zero-order valence-electron chi connectivity index (χ0n) is 11.0. The van der Waals surface area contributed by atoms with Gasteiger partial charge in [-0.3, -0.25) is 9.69 Å². The summed E-state index contributed by atoms with van der Waals surface area (Å²) in [6.07, 6.45) is 0. The Hall–Kier alpha value is -1.70. The molecule has 3 rings (SSSR count).